The molecule has 0 aliphatic carbocycles. The third kappa shape index (κ3) is 14.3. The molecule has 0 saturated heterocycles. The number of carbonyl (C=O) groups excluding carboxylic acids is 2. The quantitative estimate of drug-likeness (QED) is 0.419. The molecular weight excluding hydrogens is 296 g/mol. The number of aliphatic carboxylic acids is 4. The first-order valence-electron chi connectivity index (χ1n) is 5.45. The van der Waals surface area contributed by atoms with Gasteiger partial charge in [0.15, 0.2) is 0 Å². The maximum Gasteiger partial charge on any atom is 2.00 e. The molecule has 9 heteroatoms. The van der Waals surface area contributed by atoms with E-state index in [-0.39, 0.29) is 47.0 Å². The summed E-state index contributed by atoms with van der Waals surface area (Å²) in [6, 6.07) is 0. The van der Waals surface area contributed by atoms with Gasteiger partial charge in [-0.25, -0.2) is 9.59 Å². The van der Waals surface area contributed by atoms with Gasteiger partial charge in [-0.15, -0.1) is 0 Å². The Morgan fingerprint density at radius 3 is 1.10 bits per heavy atom. The van der Waals surface area contributed by atoms with Crippen LogP contribution in [0.15, 0.2) is 23.3 Å². The molecule has 0 spiro atoms. The van der Waals surface area contributed by atoms with Gasteiger partial charge in [-0.2, -0.15) is 0 Å². The number of carboxylic acid groups (broad SMARTS) is 4. The predicted octanol–water partition coefficient (Wildman–Crippen LogP) is -2.07. The Hall–Kier alpha value is -1.87. The van der Waals surface area contributed by atoms with Gasteiger partial charge in [0.05, 0.1) is 11.9 Å². The zero-order valence-corrected chi connectivity index (χ0v) is 13.0. The van der Waals surface area contributed by atoms with Crippen LogP contribution < -0.4 is 10.2 Å². The summed E-state index contributed by atoms with van der Waals surface area (Å²) >= 11 is 0. The molecular formula is C12H14MgO8. The molecule has 0 saturated carbocycles. The molecule has 0 heterocycles. The molecule has 0 aromatic carbocycles. The van der Waals surface area contributed by atoms with E-state index in [2.05, 4.69) is 0 Å². The summed E-state index contributed by atoms with van der Waals surface area (Å²) in [4.78, 5) is 39.9. The average Bonchev–Trinajstić information content (AvgIpc) is 2.32. The summed E-state index contributed by atoms with van der Waals surface area (Å²) in [7, 11) is 0. The third-order valence-electron chi connectivity index (χ3n) is 1.88. The van der Waals surface area contributed by atoms with Crippen LogP contribution in [0.4, 0.5) is 0 Å². The summed E-state index contributed by atoms with van der Waals surface area (Å²) in [6.45, 7) is 3.09. The molecule has 0 fully saturated rings. The van der Waals surface area contributed by atoms with Crippen molar-refractivity contribution < 1.29 is 39.6 Å². The van der Waals surface area contributed by atoms with E-state index in [9.17, 15) is 29.4 Å². The second-order valence-electron chi connectivity index (χ2n) is 3.30. The van der Waals surface area contributed by atoms with Crippen LogP contribution in [-0.2, 0) is 19.2 Å². The van der Waals surface area contributed by atoms with Gasteiger partial charge in [0.1, 0.15) is 0 Å². The van der Waals surface area contributed by atoms with Crippen LogP contribution >= 0.6 is 0 Å². The van der Waals surface area contributed by atoms with Crippen LogP contribution in [-0.4, -0.2) is 57.1 Å². The molecule has 0 bridgehead atoms. The van der Waals surface area contributed by atoms with Crippen LogP contribution in [0, 0.1) is 0 Å². The van der Waals surface area contributed by atoms with Crippen LogP contribution in [0.2, 0.25) is 0 Å². The molecule has 0 atom stereocenters. The van der Waals surface area contributed by atoms with Crippen molar-refractivity contribution >= 4 is 46.9 Å². The second kappa shape index (κ2) is 13.1. The maximum atomic E-state index is 10.0. The fourth-order valence-corrected chi connectivity index (χ4v) is 0.909. The third-order valence-corrected chi connectivity index (χ3v) is 1.88. The standard InChI is InChI=1S/2C6H8O4.Mg/c2*1-2-4(6(9)10)3-5(7)8;/h2*3H,2H2,1H3,(H,7,8)(H,9,10);/q;;+2/p-2/b2*4-3+;. The van der Waals surface area contributed by atoms with Crippen molar-refractivity contribution in [3.8, 4) is 0 Å². The zero-order valence-electron chi connectivity index (χ0n) is 11.6. The van der Waals surface area contributed by atoms with Crippen LogP contribution in [0.5, 0.6) is 0 Å². The molecule has 2 N–H and O–H groups in total. The van der Waals surface area contributed by atoms with Crippen LogP contribution in [0.25, 0.3) is 0 Å². The van der Waals surface area contributed by atoms with Gasteiger partial charge in [-0.3, -0.25) is 0 Å². The summed E-state index contributed by atoms with van der Waals surface area (Å²) < 4.78 is 0. The number of hydrogen-bond acceptors (Lipinski definition) is 6. The SMILES string of the molecule is CC/C(=C\C(=O)O)C(=O)[O-].CC/C(=C\C(=O)O)C(=O)[O-].[Mg+2]. The predicted molar refractivity (Wildman–Crippen MR) is 67.8 cm³/mol. The van der Waals surface area contributed by atoms with E-state index in [4.69, 9.17) is 10.2 Å². The minimum absolute atomic E-state index is 0. The zero-order chi connectivity index (χ0) is 16.3. The van der Waals surface area contributed by atoms with E-state index in [1.165, 1.54) is 0 Å². The first kappa shape index (κ1) is 24.2. The van der Waals surface area contributed by atoms with E-state index in [0.29, 0.717) is 12.2 Å². The van der Waals surface area contributed by atoms with E-state index in [0.717, 1.165) is 0 Å². The monoisotopic (exact) mass is 310 g/mol. The van der Waals surface area contributed by atoms with Crippen molar-refractivity contribution in [2.24, 2.45) is 0 Å². The van der Waals surface area contributed by atoms with Gasteiger partial charge in [0.2, 0.25) is 0 Å². The minimum atomic E-state index is -1.43. The van der Waals surface area contributed by atoms with Crippen molar-refractivity contribution in [1.82, 2.24) is 0 Å². The Labute approximate surface area is 136 Å². The van der Waals surface area contributed by atoms with Crippen molar-refractivity contribution in [3.05, 3.63) is 23.3 Å². The van der Waals surface area contributed by atoms with E-state index in [1.54, 1.807) is 13.8 Å². The van der Waals surface area contributed by atoms with Crippen LogP contribution in [0.3, 0.4) is 0 Å². The molecule has 0 rings (SSSR count). The molecule has 112 valence electrons. The van der Waals surface area contributed by atoms with E-state index < -0.39 is 23.9 Å². The smallest absolute Gasteiger partial charge is 0.545 e. The molecule has 0 radical (unpaired) electrons. The Kier molecular flexibility index (Phi) is 15.1. The summed E-state index contributed by atoms with van der Waals surface area (Å²) in [5.74, 6) is -5.38. The number of carbonyl (C=O) groups is 4. The summed E-state index contributed by atoms with van der Waals surface area (Å²) in [5.41, 5.74) is -0.403. The van der Waals surface area contributed by atoms with Gasteiger partial charge in [-0.05, 0) is 24.0 Å². The fourth-order valence-electron chi connectivity index (χ4n) is 0.909. The largest absolute Gasteiger partial charge is 2.00 e. The maximum absolute atomic E-state index is 10.0. The molecule has 8 nitrogen and oxygen atoms in total. The minimum Gasteiger partial charge on any atom is -0.545 e. The van der Waals surface area contributed by atoms with Crippen molar-refractivity contribution in [1.29, 1.82) is 0 Å². The van der Waals surface area contributed by atoms with Gasteiger partial charge >= 0.3 is 35.0 Å². The van der Waals surface area contributed by atoms with Crippen molar-refractivity contribution in [3.63, 3.8) is 0 Å². The summed E-state index contributed by atoms with van der Waals surface area (Å²) in [5, 5.41) is 36.2. The van der Waals surface area contributed by atoms with Gasteiger partial charge in [-0.1, -0.05) is 13.8 Å². The Bertz CT molecular complexity index is 408. The number of carboxylic acids is 4. The second-order valence-corrected chi connectivity index (χ2v) is 3.30. The van der Waals surface area contributed by atoms with Crippen molar-refractivity contribution in [2.75, 3.05) is 0 Å². The molecule has 0 amide bonds. The molecule has 0 unspecified atom stereocenters. The molecule has 21 heavy (non-hydrogen) atoms. The molecule has 0 aromatic rings. The summed E-state index contributed by atoms with van der Waals surface area (Å²) in [6.07, 6.45) is 1.59. The molecule has 0 aliphatic heterocycles. The fraction of sp³-hybridized carbons (Fsp3) is 0.333. The van der Waals surface area contributed by atoms with E-state index >= 15 is 0 Å². The normalized spacial score (nSPS) is 10.6. The van der Waals surface area contributed by atoms with Gasteiger partial charge in [0.25, 0.3) is 0 Å². The van der Waals surface area contributed by atoms with E-state index in [1.807, 2.05) is 0 Å². The van der Waals surface area contributed by atoms with Crippen LogP contribution in [0.1, 0.15) is 26.7 Å². The first-order chi connectivity index (χ1) is 9.15. The average molecular weight is 311 g/mol. The molecule has 0 aliphatic rings. The van der Waals surface area contributed by atoms with Gasteiger partial charge in [0, 0.05) is 12.2 Å². The Balaban J connectivity index is -0.000000295. The molecule has 0 aromatic heterocycles. The number of hydrogen-bond donors (Lipinski definition) is 2. The number of rotatable bonds is 6. The Morgan fingerprint density at radius 2 is 1.05 bits per heavy atom. The Morgan fingerprint density at radius 1 is 0.810 bits per heavy atom. The topological polar surface area (TPSA) is 155 Å². The van der Waals surface area contributed by atoms with Crippen molar-refractivity contribution in [2.45, 2.75) is 26.7 Å². The first-order valence-corrected chi connectivity index (χ1v) is 5.45. The van der Waals surface area contributed by atoms with Gasteiger partial charge < -0.3 is 30.0 Å².